The van der Waals surface area contributed by atoms with Crippen LogP contribution in [0.5, 0.6) is 0 Å². The number of amides is 2. The molecule has 0 saturated carbocycles. The monoisotopic (exact) mass is 402 g/mol. The Balaban J connectivity index is 0.00000210. The number of benzene rings is 1. The van der Waals surface area contributed by atoms with E-state index in [0.717, 1.165) is 5.56 Å². The molecule has 1 rings (SSSR count). The maximum Gasteiger partial charge on any atom is 0.373 e. The van der Waals surface area contributed by atoms with Crippen molar-refractivity contribution < 1.29 is 38.6 Å². The fourth-order valence-corrected chi connectivity index (χ4v) is 2.59. The van der Waals surface area contributed by atoms with Gasteiger partial charge in [-0.3, -0.25) is 4.79 Å². The molecule has 0 bridgehead atoms. The molecular formula is C16H19FN2O7S. The van der Waals surface area contributed by atoms with Crippen LogP contribution >= 0.6 is 11.8 Å². The van der Waals surface area contributed by atoms with Crippen LogP contribution in [0.25, 0.3) is 0 Å². The summed E-state index contributed by atoms with van der Waals surface area (Å²) < 4.78 is 13.0. The zero-order chi connectivity index (χ0) is 20.7. The van der Waals surface area contributed by atoms with E-state index in [1.54, 1.807) is 12.1 Å². The average molecular weight is 402 g/mol. The van der Waals surface area contributed by atoms with Crippen molar-refractivity contribution in [2.75, 3.05) is 12.3 Å². The van der Waals surface area contributed by atoms with E-state index in [2.05, 4.69) is 10.6 Å². The summed E-state index contributed by atoms with van der Waals surface area (Å²) in [5.41, 5.74) is 0.837. The first-order valence-corrected chi connectivity index (χ1v) is 8.76. The van der Waals surface area contributed by atoms with Crippen molar-refractivity contribution in [2.45, 2.75) is 24.6 Å². The molecule has 0 aliphatic heterocycles. The number of carbonyl (C=O) groups is 3. The molecule has 0 aromatic heterocycles. The van der Waals surface area contributed by atoms with Gasteiger partial charge in [0.2, 0.25) is 0 Å². The summed E-state index contributed by atoms with van der Waals surface area (Å²) in [6.07, 6.45) is -0.285. The maximum absolute atomic E-state index is 13.0. The van der Waals surface area contributed by atoms with Crippen molar-refractivity contribution in [1.82, 2.24) is 10.6 Å². The molecule has 0 radical (unpaired) electrons. The van der Waals surface area contributed by atoms with E-state index in [-0.39, 0.29) is 24.8 Å². The zero-order valence-corrected chi connectivity index (χ0v) is 15.0. The van der Waals surface area contributed by atoms with Crippen LogP contribution < -0.4 is 10.6 Å². The predicted molar refractivity (Wildman–Crippen MR) is 92.4 cm³/mol. The van der Waals surface area contributed by atoms with Crippen LogP contribution in [0.1, 0.15) is 18.4 Å². The lowest BCUT2D eigenvalue weighted by Crippen LogP contribution is -2.46. The van der Waals surface area contributed by atoms with Gasteiger partial charge in [0.1, 0.15) is 11.9 Å². The Kier molecular flexibility index (Phi) is 12.7. The van der Waals surface area contributed by atoms with E-state index in [1.807, 2.05) is 0 Å². The van der Waals surface area contributed by atoms with E-state index < -0.39 is 24.0 Å². The Hall–Kier alpha value is -2.91. The van der Waals surface area contributed by atoms with Gasteiger partial charge in [-0.15, -0.1) is 0 Å². The minimum Gasteiger partial charge on any atom is -0.481 e. The number of aliphatic carboxylic acids is 2. The molecule has 148 valence electrons. The molecule has 4 N–H and O–H groups in total. The number of halogens is 1. The number of nitrogens with one attached hydrogen (secondary N) is 2. The quantitative estimate of drug-likeness (QED) is 0.425. The minimum absolute atomic E-state index is 0.188. The Morgan fingerprint density at radius 1 is 1.22 bits per heavy atom. The van der Waals surface area contributed by atoms with Gasteiger partial charge in [-0.05, 0) is 24.1 Å². The molecule has 27 heavy (non-hydrogen) atoms. The summed E-state index contributed by atoms with van der Waals surface area (Å²) in [5.74, 6) is -1.55. The summed E-state index contributed by atoms with van der Waals surface area (Å²) in [6, 6.07) is 4.31. The number of hydrogen-bond acceptors (Lipinski definition) is 6. The molecule has 1 atom stereocenters. The van der Waals surface area contributed by atoms with E-state index in [1.165, 1.54) is 23.9 Å². The van der Waals surface area contributed by atoms with Crippen molar-refractivity contribution in [2.24, 2.45) is 0 Å². The van der Waals surface area contributed by atoms with Gasteiger partial charge in [-0.25, -0.2) is 14.0 Å². The summed E-state index contributed by atoms with van der Waals surface area (Å²) in [7, 11) is 0. The van der Waals surface area contributed by atoms with Crippen LogP contribution in [0.15, 0.2) is 24.3 Å². The van der Waals surface area contributed by atoms with E-state index in [9.17, 15) is 18.8 Å². The number of carboxylic acid groups (broad SMARTS) is 2. The molecule has 11 heteroatoms. The first kappa shape index (κ1) is 24.1. The SMILES string of the molecule is O=C(O)CC[C@H](NC(=O)NCCSCc1cccc(F)c1)C(=O)O.O=C=O. The topological polar surface area (TPSA) is 150 Å². The number of carbonyl (C=O) groups excluding carboxylic acids is 3. The van der Waals surface area contributed by atoms with Gasteiger partial charge in [0.05, 0.1) is 0 Å². The number of thioether (sulfide) groups is 1. The smallest absolute Gasteiger partial charge is 0.373 e. The molecule has 0 fully saturated rings. The lowest BCUT2D eigenvalue weighted by atomic mass is 10.1. The standard InChI is InChI=1S/C15H19FN2O5S.CO2/c16-11-3-1-2-10(8-11)9-24-7-6-17-15(23)18-12(14(21)22)4-5-13(19)20;2-1-3/h1-3,8,12H,4-7,9H2,(H,19,20)(H,21,22)(H2,17,18,23);/t12-;/m0./s1. The van der Waals surface area contributed by atoms with Crippen LogP contribution in [0.3, 0.4) is 0 Å². The lowest BCUT2D eigenvalue weighted by Gasteiger charge is -2.14. The third kappa shape index (κ3) is 13.0. The van der Waals surface area contributed by atoms with Crippen molar-refractivity contribution in [3.63, 3.8) is 0 Å². The van der Waals surface area contributed by atoms with Crippen LogP contribution in [0.2, 0.25) is 0 Å². The highest BCUT2D eigenvalue weighted by Gasteiger charge is 2.20. The largest absolute Gasteiger partial charge is 0.481 e. The van der Waals surface area contributed by atoms with E-state index in [0.29, 0.717) is 18.1 Å². The first-order valence-electron chi connectivity index (χ1n) is 7.60. The summed E-state index contributed by atoms with van der Waals surface area (Å²) in [6.45, 7) is 0.303. The second-order valence-electron chi connectivity index (χ2n) is 4.99. The Bertz CT molecular complexity index is 666. The van der Waals surface area contributed by atoms with Crippen LogP contribution in [0, 0.1) is 5.82 Å². The third-order valence-corrected chi connectivity index (χ3v) is 3.97. The Morgan fingerprint density at radius 2 is 1.89 bits per heavy atom. The van der Waals surface area contributed by atoms with Crippen molar-refractivity contribution in [1.29, 1.82) is 0 Å². The van der Waals surface area contributed by atoms with Crippen LogP contribution in [-0.2, 0) is 24.9 Å². The third-order valence-electron chi connectivity index (χ3n) is 2.94. The van der Waals surface area contributed by atoms with Gasteiger partial charge < -0.3 is 20.8 Å². The highest BCUT2D eigenvalue weighted by molar-refractivity contribution is 7.98. The normalized spacial score (nSPS) is 10.6. The molecule has 0 aliphatic rings. The van der Waals surface area contributed by atoms with Crippen LogP contribution in [-0.4, -0.2) is 52.7 Å². The van der Waals surface area contributed by atoms with Crippen molar-refractivity contribution >= 4 is 35.9 Å². The number of rotatable bonds is 10. The molecule has 0 saturated heterocycles. The van der Waals surface area contributed by atoms with E-state index >= 15 is 0 Å². The van der Waals surface area contributed by atoms with E-state index in [4.69, 9.17) is 19.8 Å². The summed E-state index contributed by atoms with van der Waals surface area (Å²) in [4.78, 5) is 49.2. The fourth-order valence-electron chi connectivity index (χ4n) is 1.79. The Labute approximate surface area is 158 Å². The maximum atomic E-state index is 13.0. The summed E-state index contributed by atoms with van der Waals surface area (Å²) in [5, 5.41) is 22.2. The lowest BCUT2D eigenvalue weighted by molar-refractivity contribution is -0.191. The molecular weight excluding hydrogens is 383 g/mol. The van der Waals surface area contributed by atoms with Gasteiger partial charge in [-0.1, -0.05) is 12.1 Å². The van der Waals surface area contributed by atoms with Gasteiger partial charge in [0, 0.05) is 24.5 Å². The molecule has 1 aromatic carbocycles. The van der Waals surface area contributed by atoms with Crippen molar-refractivity contribution in [3.05, 3.63) is 35.6 Å². The first-order chi connectivity index (χ1) is 12.8. The van der Waals surface area contributed by atoms with Gasteiger partial charge >= 0.3 is 24.1 Å². The van der Waals surface area contributed by atoms with Gasteiger partial charge in [0.25, 0.3) is 0 Å². The second-order valence-corrected chi connectivity index (χ2v) is 6.09. The molecule has 1 aromatic rings. The summed E-state index contributed by atoms with van der Waals surface area (Å²) >= 11 is 1.49. The molecule has 0 aliphatic carbocycles. The fraction of sp³-hybridized carbons (Fsp3) is 0.375. The number of urea groups is 1. The van der Waals surface area contributed by atoms with Crippen LogP contribution in [0.4, 0.5) is 9.18 Å². The number of carboxylic acids is 2. The number of hydrogen-bond donors (Lipinski definition) is 4. The molecule has 9 nitrogen and oxygen atoms in total. The highest BCUT2D eigenvalue weighted by atomic mass is 32.2. The molecule has 0 spiro atoms. The second kappa shape index (κ2) is 14.3. The molecule has 2 amide bonds. The molecule has 0 heterocycles. The average Bonchev–Trinajstić information content (AvgIpc) is 2.58. The van der Waals surface area contributed by atoms with Gasteiger partial charge in [0.15, 0.2) is 0 Å². The van der Waals surface area contributed by atoms with Gasteiger partial charge in [-0.2, -0.15) is 21.4 Å². The minimum atomic E-state index is -1.29. The Morgan fingerprint density at radius 3 is 2.44 bits per heavy atom. The highest BCUT2D eigenvalue weighted by Crippen LogP contribution is 2.12. The van der Waals surface area contributed by atoms with Crippen molar-refractivity contribution in [3.8, 4) is 0 Å². The molecule has 0 unspecified atom stereocenters. The zero-order valence-electron chi connectivity index (χ0n) is 14.1. The predicted octanol–water partition coefficient (Wildman–Crippen LogP) is 1.09.